The lowest BCUT2D eigenvalue weighted by Gasteiger charge is -2.20. The zero-order valence-corrected chi connectivity index (χ0v) is 20.3. The number of ketones is 1. The topological polar surface area (TPSA) is 56.3 Å². The highest BCUT2D eigenvalue weighted by Crippen LogP contribution is 2.33. The van der Waals surface area contributed by atoms with Gasteiger partial charge >= 0.3 is 5.97 Å². The molecule has 1 atom stereocenters. The van der Waals surface area contributed by atoms with E-state index in [-0.39, 0.29) is 5.78 Å². The van der Waals surface area contributed by atoms with Crippen LogP contribution in [0.15, 0.2) is 109 Å². The van der Waals surface area contributed by atoms with Crippen molar-refractivity contribution in [3.8, 4) is 11.3 Å². The van der Waals surface area contributed by atoms with Crippen LogP contribution in [-0.4, -0.2) is 16.7 Å². The molecule has 0 aliphatic rings. The van der Waals surface area contributed by atoms with Gasteiger partial charge in [0.1, 0.15) is 0 Å². The summed E-state index contributed by atoms with van der Waals surface area (Å²) in [5.74, 6) is -0.881. The van der Waals surface area contributed by atoms with Crippen molar-refractivity contribution in [1.82, 2.24) is 4.98 Å². The first-order valence-electron chi connectivity index (χ1n) is 11.5. The maximum Gasteiger partial charge on any atom is 0.340 e. The van der Waals surface area contributed by atoms with Crippen molar-refractivity contribution in [2.45, 2.75) is 13.0 Å². The molecule has 4 nitrogen and oxygen atoms in total. The fourth-order valence-electron chi connectivity index (χ4n) is 4.31. The van der Waals surface area contributed by atoms with E-state index in [0.717, 1.165) is 5.56 Å². The first kappa shape index (κ1) is 23.5. The smallest absolute Gasteiger partial charge is 0.340 e. The molecule has 176 valence electrons. The van der Waals surface area contributed by atoms with Gasteiger partial charge in [-0.3, -0.25) is 4.79 Å². The lowest BCUT2D eigenvalue weighted by Crippen LogP contribution is -2.21. The Balaban J connectivity index is 1.62. The van der Waals surface area contributed by atoms with Crippen LogP contribution in [0.2, 0.25) is 5.02 Å². The van der Waals surface area contributed by atoms with E-state index in [1.807, 2.05) is 73.7 Å². The largest absolute Gasteiger partial charge is 0.445 e. The highest BCUT2D eigenvalue weighted by molar-refractivity contribution is 6.30. The molecule has 0 spiro atoms. The van der Waals surface area contributed by atoms with Gasteiger partial charge in [-0.05, 0) is 30.7 Å². The first-order valence-corrected chi connectivity index (χ1v) is 11.9. The summed E-state index contributed by atoms with van der Waals surface area (Å²) in [7, 11) is 0. The molecule has 0 radical (unpaired) electrons. The van der Waals surface area contributed by atoms with E-state index < -0.39 is 12.1 Å². The molecule has 1 aromatic heterocycles. The maximum absolute atomic E-state index is 13.8. The summed E-state index contributed by atoms with van der Waals surface area (Å²) in [5.41, 5.74) is 4.17. The summed E-state index contributed by atoms with van der Waals surface area (Å²) in [6.45, 7) is 1.84. The molecule has 0 aliphatic heterocycles. The summed E-state index contributed by atoms with van der Waals surface area (Å²) in [6.07, 6.45) is -1.10. The number of carbonyl (C=O) groups excluding carboxylic acids is 2. The van der Waals surface area contributed by atoms with Crippen LogP contribution in [0.5, 0.6) is 0 Å². The molecule has 0 saturated heterocycles. The van der Waals surface area contributed by atoms with Gasteiger partial charge in [-0.1, -0.05) is 103 Å². The van der Waals surface area contributed by atoms with Gasteiger partial charge in [0, 0.05) is 27.1 Å². The number of ether oxygens (including phenoxy) is 1. The molecule has 5 rings (SSSR count). The molecule has 4 aromatic carbocycles. The zero-order chi connectivity index (χ0) is 25.1. The number of pyridine rings is 1. The average molecular weight is 492 g/mol. The van der Waals surface area contributed by atoms with Crippen LogP contribution in [0.4, 0.5) is 0 Å². The third-order valence-corrected chi connectivity index (χ3v) is 6.30. The van der Waals surface area contributed by atoms with Crippen LogP contribution in [0.3, 0.4) is 0 Å². The van der Waals surface area contributed by atoms with Gasteiger partial charge < -0.3 is 4.74 Å². The Kier molecular flexibility index (Phi) is 6.61. The summed E-state index contributed by atoms with van der Waals surface area (Å²) < 4.78 is 6.00. The van der Waals surface area contributed by atoms with Crippen LogP contribution in [0, 0.1) is 6.92 Å². The van der Waals surface area contributed by atoms with Crippen LogP contribution >= 0.6 is 11.6 Å². The van der Waals surface area contributed by atoms with Crippen molar-refractivity contribution < 1.29 is 14.3 Å². The molecule has 0 amide bonds. The minimum Gasteiger partial charge on any atom is -0.445 e. The predicted molar refractivity (Wildman–Crippen MR) is 142 cm³/mol. The Morgan fingerprint density at radius 3 is 2.19 bits per heavy atom. The van der Waals surface area contributed by atoms with Crippen molar-refractivity contribution >= 4 is 34.3 Å². The number of nitrogens with zero attached hydrogens (tertiary/aromatic N) is 1. The number of rotatable bonds is 6. The molecule has 1 heterocycles. The van der Waals surface area contributed by atoms with Crippen LogP contribution in [0.1, 0.15) is 37.9 Å². The Morgan fingerprint density at radius 2 is 1.47 bits per heavy atom. The normalized spacial score (nSPS) is 11.7. The predicted octanol–water partition coefficient (Wildman–Crippen LogP) is 7.64. The molecule has 0 aliphatic carbocycles. The number of hydrogen-bond donors (Lipinski definition) is 0. The van der Waals surface area contributed by atoms with E-state index in [9.17, 15) is 9.59 Å². The monoisotopic (exact) mass is 491 g/mol. The van der Waals surface area contributed by atoms with Gasteiger partial charge in [0.05, 0.1) is 16.8 Å². The van der Waals surface area contributed by atoms with E-state index >= 15 is 0 Å². The summed E-state index contributed by atoms with van der Waals surface area (Å²) in [6, 6.07) is 32.7. The van der Waals surface area contributed by atoms with E-state index in [0.29, 0.717) is 43.9 Å². The number of hydrogen-bond acceptors (Lipinski definition) is 4. The zero-order valence-electron chi connectivity index (χ0n) is 19.5. The van der Waals surface area contributed by atoms with Crippen LogP contribution < -0.4 is 0 Å². The number of halogens is 1. The summed E-state index contributed by atoms with van der Waals surface area (Å²) >= 11 is 6.24. The Morgan fingerprint density at radius 1 is 0.806 bits per heavy atom. The SMILES string of the molecule is Cc1c(-c2cccc(Cl)c2)nc2ccccc2c1C(=O)O[C@@H](C(=O)c1ccccc1)c1ccccc1. The third kappa shape index (κ3) is 4.64. The van der Waals surface area contributed by atoms with Gasteiger partial charge in [-0.2, -0.15) is 0 Å². The number of fused-ring (bicyclic) bond motifs is 1. The second-order valence-corrected chi connectivity index (χ2v) is 8.85. The lowest BCUT2D eigenvalue weighted by atomic mass is 9.97. The highest BCUT2D eigenvalue weighted by atomic mass is 35.5. The minimum atomic E-state index is -1.10. The van der Waals surface area contributed by atoms with Crippen molar-refractivity contribution in [2.75, 3.05) is 0 Å². The second kappa shape index (κ2) is 10.1. The second-order valence-electron chi connectivity index (χ2n) is 8.41. The lowest BCUT2D eigenvalue weighted by molar-refractivity contribution is 0.0281. The van der Waals surface area contributed by atoms with Crippen molar-refractivity contribution in [3.63, 3.8) is 0 Å². The van der Waals surface area contributed by atoms with Crippen molar-refractivity contribution in [1.29, 1.82) is 0 Å². The number of esters is 1. The van der Waals surface area contributed by atoms with E-state index in [2.05, 4.69) is 0 Å². The number of carbonyl (C=O) groups is 2. The van der Waals surface area contributed by atoms with E-state index in [1.54, 1.807) is 42.5 Å². The van der Waals surface area contributed by atoms with Crippen LogP contribution in [0.25, 0.3) is 22.2 Å². The number of Topliss-reactive ketones (excluding diaryl/α,β-unsaturated/α-hetero) is 1. The van der Waals surface area contributed by atoms with Gasteiger partial charge in [0.2, 0.25) is 5.78 Å². The summed E-state index contributed by atoms with van der Waals surface area (Å²) in [4.78, 5) is 32.1. The van der Waals surface area contributed by atoms with Gasteiger partial charge in [0.25, 0.3) is 0 Å². The molecule has 0 fully saturated rings. The molecular weight excluding hydrogens is 470 g/mol. The number of benzene rings is 4. The molecule has 0 unspecified atom stereocenters. The molecule has 36 heavy (non-hydrogen) atoms. The number of aromatic nitrogens is 1. The molecule has 0 N–H and O–H groups in total. The molecule has 5 heteroatoms. The standard InChI is InChI=1S/C31H22ClNO3/c1-20-27(25-17-8-9-18-26(25)33-28(20)23-15-10-16-24(32)19-23)31(35)36-30(22-13-6-3-7-14-22)29(34)21-11-4-2-5-12-21/h2-19,30H,1H3/t30-/m1/s1. The third-order valence-electron chi connectivity index (χ3n) is 6.06. The maximum atomic E-state index is 13.8. The van der Waals surface area contributed by atoms with Crippen LogP contribution in [-0.2, 0) is 4.74 Å². The molecule has 5 aromatic rings. The van der Waals surface area contributed by atoms with E-state index in [4.69, 9.17) is 21.3 Å². The fraction of sp³-hybridized carbons (Fsp3) is 0.0645. The Bertz CT molecular complexity index is 1570. The Hall–Kier alpha value is -4.28. The summed E-state index contributed by atoms with van der Waals surface area (Å²) in [5, 5.41) is 1.23. The highest BCUT2D eigenvalue weighted by Gasteiger charge is 2.29. The van der Waals surface area contributed by atoms with Crippen molar-refractivity contribution in [2.24, 2.45) is 0 Å². The molecular formula is C31H22ClNO3. The Labute approximate surface area is 214 Å². The number of para-hydroxylation sites is 1. The van der Waals surface area contributed by atoms with Gasteiger partial charge in [0.15, 0.2) is 6.10 Å². The fourth-order valence-corrected chi connectivity index (χ4v) is 4.50. The average Bonchev–Trinajstić information content (AvgIpc) is 2.92. The van der Waals surface area contributed by atoms with Crippen molar-refractivity contribution in [3.05, 3.63) is 136 Å². The molecule has 0 saturated carbocycles. The van der Waals surface area contributed by atoms with E-state index in [1.165, 1.54) is 0 Å². The minimum absolute atomic E-state index is 0.291. The quantitative estimate of drug-likeness (QED) is 0.181. The first-order chi connectivity index (χ1) is 17.5. The molecule has 0 bridgehead atoms. The van der Waals surface area contributed by atoms with Gasteiger partial charge in [-0.15, -0.1) is 0 Å². The van der Waals surface area contributed by atoms with Gasteiger partial charge in [-0.25, -0.2) is 9.78 Å².